The number of rotatable bonds is 7. The summed E-state index contributed by atoms with van der Waals surface area (Å²) in [4.78, 5) is 44.8. The van der Waals surface area contributed by atoms with Gasteiger partial charge in [-0.2, -0.15) is 0 Å². The number of methoxy groups -OCH3 is 2. The molecule has 1 fully saturated rings. The maximum Gasteiger partial charge on any atom is 0.350 e. The van der Waals surface area contributed by atoms with Crippen LogP contribution in [0, 0.1) is 13.8 Å². The minimum absolute atomic E-state index is 0.0750. The fourth-order valence-electron chi connectivity index (χ4n) is 4.27. The van der Waals surface area contributed by atoms with Crippen LogP contribution in [0.3, 0.4) is 0 Å². The molecule has 10 nitrogen and oxygen atoms in total. The van der Waals surface area contributed by atoms with Gasteiger partial charge >= 0.3 is 11.9 Å². The number of benzene rings is 2. The maximum atomic E-state index is 13.4. The van der Waals surface area contributed by atoms with E-state index in [-0.39, 0.29) is 33.7 Å². The number of aliphatic hydroxyl groups excluding tert-OH is 1. The third-order valence-corrected chi connectivity index (χ3v) is 7.21. The highest BCUT2D eigenvalue weighted by Gasteiger charge is 2.48. The molecule has 0 unspecified atom stereocenters. The van der Waals surface area contributed by atoms with E-state index >= 15 is 0 Å². The second-order valence-electron chi connectivity index (χ2n) is 8.42. The summed E-state index contributed by atoms with van der Waals surface area (Å²) < 4.78 is 15.6. The van der Waals surface area contributed by atoms with E-state index in [9.17, 15) is 24.6 Å². The van der Waals surface area contributed by atoms with Crippen molar-refractivity contribution in [2.24, 2.45) is 0 Å². The van der Waals surface area contributed by atoms with E-state index in [4.69, 9.17) is 14.2 Å². The maximum absolute atomic E-state index is 13.4. The second-order valence-corrected chi connectivity index (χ2v) is 9.39. The molecule has 3 aromatic rings. The average Bonchev–Trinajstić information content (AvgIpc) is 3.41. The number of phenols is 1. The summed E-state index contributed by atoms with van der Waals surface area (Å²) in [7, 11) is 2.75. The highest BCUT2D eigenvalue weighted by molar-refractivity contribution is 7.17. The second kappa shape index (κ2) is 10.5. The molecule has 2 heterocycles. The lowest BCUT2D eigenvalue weighted by Gasteiger charge is -2.23. The zero-order valence-corrected chi connectivity index (χ0v) is 22.2. The van der Waals surface area contributed by atoms with Gasteiger partial charge in [0.2, 0.25) is 0 Å². The molecule has 0 bridgehead atoms. The first-order valence-electron chi connectivity index (χ1n) is 11.6. The number of aryl methyl sites for hydroxylation is 2. The lowest BCUT2D eigenvalue weighted by atomic mass is 9.94. The molecule has 1 aliphatic rings. The number of carbonyl (C=O) groups is 3. The van der Waals surface area contributed by atoms with Crippen molar-refractivity contribution in [2.45, 2.75) is 26.8 Å². The lowest BCUT2D eigenvalue weighted by Crippen LogP contribution is -2.29. The normalized spacial score (nSPS) is 16.6. The van der Waals surface area contributed by atoms with Crippen LogP contribution in [0.5, 0.6) is 17.2 Å². The minimum Gasteiger partial charge on any atom is -0.507 e. The smallest absolute Gasteiger partial charge is 0.350 e. The SMILES string of the molecule is CCOc1cc([C@@H]2C(=C(O)c3ccc(OC)c(C)c3)C(=O)C(=O)N2c2nc(C)c(C(=O)OC)s2)ccc1O. The lowest BCUT2D eigenvalue weighted by molar-refractivity contribution is -0.132. The molecular weight excluding hydrogens is 512 g/mol. The third-order valence-electron chi connectivity index (χ3n) is 6.07. The molecule has 38 heavy (non-hydrogen) atoms. The third kappa shape index (κ3) is 4.56. The fraction of sp³-hybridized carbons (Fsp3) is 0.259. The first-order valence-corrected chi connectivity index (χ1v) is 12.4. The van der Waals surface area contributed by atoms with E-state index in [1.165, 1.54) is 32.4 Å². The van der Waals surface area contributed by atoms with Gasteiger partial charge < -0.3 is 24.4 Å². The predicted octanol–water partition coefficient (Wildman–Crippen LogP) is 4.29. The Labute approximate surface area is 222 Å². The van der Waals surface area contributed by atoms with Crippen LogP contribution < -0.4 is 14.4 Å². The molecule has 1 amide bonds. The molecule has 2 N–H and O–H groups in total. The molecule has 11 heteroatoms. The standard InChI is InChI=1S/C27H26N2O8S/c1-6-37-19-12-15(7-9-17(19)30)21-20(22(31)16-8-10-18(35-4)13(2)11-16)23(32)25(33)29(21)27-28-14(3)24(38-27)26(34)36-5/h7-12,21,30-31H,6H2,1-5H3/t21-/m1/s1. The van der Waals surface area contributed by atoms with Gasteiger partial charge in [-0.05, 0) is 62.2 Å². The summed E-state index contributed by atoms with van der Waals surface area (Å²) in [5, 5.41) is 21.7. The molecule has 0 aliphatic carbocycles. The van der Waals surface area contributed by atoms with Crippen molar-refractivity contribution in [3.05, 3.63) is 69.2 Å². The number of hydrogen-bond donors (Lipinski definition) is 2. The van der Waals surface area contributed by atoms with Crippen molar-refractivity contribution in [1.29, 1.82) is 0 Å². The summed E-state index contributed by atoms with van der Waals surface area (Å²) in [5.41, 5.74) is 1.54. The van der Waals surface area contributed by atoms with E-state index in [2.05, 4.69) is 4.98 Å². The monoisotopic (exact) mass is 538 g/mol. The highest BCUT2D eigenvalue weighted by Crippen LogP contribution is 2.45. The summed E-state index contributed by atoms with van der Waals surface area (Å²) in [6.07, 6.45) is 0. The molecule has 1 aromatic heterocycles. The first-order chi connectivity index (χ1) is 18.1. The highest BCUT2D eigenvalue weighted by atomic mass is 32.1. The molecule has 2 aromatic carbocycles. The first kappa shape index (κ1) is 26.7. The topological polar surface area (TPSA) is 135 Å². The van der Waals surface area contributed by atoms with Crippen LogP contribution in [0.2, 0.25) is 0 Å². The van der Waals surface area contributed by atoms with Gasteiger partial charge in [-0.1, -0.05) is 17.4 Å². The van der Waals surface area contributed by atoms with Gasteiger partial charge in [-0.15, -0.1) is 0 Å². The van der Waals surface area contributed by atoms with Crippen molar-refractivity contribution >= 4 is 39.9 Å². The van der Waals surface area contributed by atoms with Gasteiger partial charge in [0, 0.05) is 5.56 Å². The average molecular weight is 539 g/mol. The van der Waals surface area contributed by atoms with Crippen LogP contribution in [-0.2, 0) is 14.3 Å². The van der Waals surface area contributed by atoms with Crippen LogP contribution in [0.1, 0.15) is 45.0 Å². The number of aliphatic hydroxyl groups is 1. The summed E-state index contributed by atoms with van der Waals surface area (Å²) in [6.45, 7) is 5.38. The van der Waals surface area contributed by atoms with Gasteiger partial charge in [-0.3, -0.25) is 14.5 Å². The van der Waals surface area contributed by atoms with Gasteiger partial charge in [-0.25, -0.2) is 9.78 Å². The number of nitrogens with zero attached hydrogens (tertiary/aromatic N) is 2. The van der Waals surface area contributed by atoms with Crippen molar-refractivity contribution in [2.75, 3.05) is 25.7 Å². The zero-order valence-electron chi connectivity index (χ0n) is 21.4. The molecule has 0 radical (unpaired) electrons. The van der Waals surface area contributed by atoms with Crippen molar-refractivity contribution < 1.29 is 38.8 Å². The number of phenolic OH excluding ortho intramolecular Hbond substituents is 1. The Morgan fingerprint density at radius 2 is 1.84 bits per heavy atom. The molecule has 0 saturated carbocycles. The van der Waals surface area contributed by atoms with Crippen molar-refractivity contribution in [3.8, 4) is 17.2 Å². The zero-order chi connectivity index (χ0) is 27.7. The van der Waals surface area contributed by atoms with E-state index in [0.29, 0.717) is 28.1 Å². The van der Waals surface area contributed by atoms with E-state index in [0.717, 1.165) is 16.2 Å². The molecular formula is C27H26N2O8S. The van der Waals surface area contributed by atoms with Crippen molar-refractivity contribution in [3.63, 3.8) is 0 Å². The number of ether oxygens (including phenoxy) is 3. The van der Waals surface area contributed by atoms with Crippen LogP contribution in [0.15, 0.2) is 42.0 Å². The number of Topliss-reactive ketones (excluding diaryl/α,β-unsaturated/α-hetero) is 1. The van der Waals surface area contributed by atoms with Crippen LogP contribution in [0.25, 0.3) is 5.76 Å². The molecule has 1 atom stereocenters. The molecule has 4 rings (SSSR count). The van der Waals surface area contributed by atoms with Gasteiger partial charge in [0.05, 0.1) is 38.1 Å². The number of amides is 1. The summed E-state index contributed by atoms with van der Waals surface area (Å²) in [5.74, 6) is -2.28. The Morgan fingerprint density at radius 1 is 1.11 bits per heavy atom. The van der Waals surface area contributed by atoms with Crippen LogP contribution in [-0.4, -0.2) is 53.7 Å². The van der Waals surface area contributed by atoms with Crippen molar-refractivity contribution in [1.82, 2.24) is 4.98 Å². The van der Waals surface area contributed by atoms with Gasteiger partial charge in [0.25, 0.3) is 5.78 Å². The fourth-order valence-corrected chi connectivity index (χ4v) is 5.28. The quantitative estimate of drug-likeness (QED) is 0.195. The summed E-state index contributed by atoms with van der Waals surface area (Å²) >= 11 is 0.894. The minimum atomic E-state index is -1.13. The van der Waals surface area contributed by atoms with E-state index in [1.54, 1.807) is 39.0 Å². The van der Waals surface area contributed by atoms with E-state index < -0.39 is 29.5 Å². The Hall–Kier alpha value is -4.38. The van der Waals surface area contributed by atoms with E-state index in [1.807, 2.05) is 0 Å². The predicted molar refractivity (Wildman–Crippen MR) is 140 cm³/mol. The van der Waals surface area contributed by atoms with Crippen LogP contribution in [0.4, 0.5) is 5.13 Å². The number of aromatic nitrogens is 1. The number of hydrogen-bond acceptors (Lipinski definition) is 10. The molecule has 198 valence electrons. The Morgan fingerprint density at radius 3 is 2.47 bits per heavy atom. The summed E-state index contributed by atoms with van der Waals surface area (Å²) in [6, 6.07) is 8.14. The number of ketones is 1. The number of esters is 1. The van der Waals surface area contributed by atoms with Crippen LogP contribution >= 0.6 is 11.3 Å². The van der Waals surface area contributed by atoms with Gasteiger partial charge in [0.15, 0.2) is 16.6 Å². The largest absolute Gasteiger partial charge is 0.507 e. The Kier molecular flexibility index (Phi) is 7.40. The molecule has 1 saturated heterocycles. The Bertz CT molecular complexity index is 1480. The number of carbonyl (C=O) groups excluding carboxylic acids is 3. The number of thiazole rings is 1. The molecule has 0 spiro atoms. The number of aromatic hydroxyl groups is 1. The number of anilines is 1. The molecule has 1 aliphatic heterocycles. The Balaban J connectivity index is 1.96. The van der Waals surface area contributed by atoms with Gasteiger partial charge in [0.1, 0.15) is 16.4 Å².